The number of benzene rings is 2. The first-order valence-electron chi connectivity index (χ1n) is 8.63. The summed E-state index contributed by atoms with van der Waals surface area (Å²) in [5.41, 5.74) is 1.21. The molecule has 0 fully saturated rings. The fourth-order valence-electron chi connectivity index (χ4n) is 3.12. The van der Waals surface area contributed by atoms with Gasteiger partial charge in [-0.25, -0.2) is 5.84 Å². The van der Waals surface area contributed by atoms with Crippen LogP contribution in [0, 0.1) is 18.3 Å². The summed E-state index contributed by atoms with van der Waals surface area (Å²) in [6.07, 6.45) is -4.59. The first kappa shape index (κ1) is 20.8. The van der Waals surface area contributed by atoms with Gasteiger partial charge in [-0.3, -0.25) is 19.6 Å². The molecule has 9 heteroatoms. The van der Waals surface area contributed by atoms with Gasteiger partial charge in [0, 0.05) is 16.9 Å². The number of carbonyl (C=O) groups excluding carboxylic acids is 1. The molecule has 0 spiro atoms. The molecule has 2 aromatic carbocycles. The largest absolute Gasteiger partial charge is 0.416 e. The second-order valence-corrected chi connectivity index (χ2v) is 6.43. The molecule has 0 bridgehead atoms. The third-order valence-corrected chi connectivity index (χ3v) is 4.51. The number of amides is 1. The molecular formula is C21H15F3N4O2. The normalized spacial score (nSPS) is 11.1. The Morgan fingerprint density at radius 2 is 1.80 bits per heavy atom. The van der Waals surface area contributed by atoms with E-state index in [0.717, 1.165) is 16.7 Å². The second-order valence-electron chi connectivity index (χ2n) is 6.43. The van der Waals surface area contributed by atoms with Crippen molar-refractivity contribution in [1.82, 2.24) is 9.99 Å². The molecule has 0 atom stereocenters. The fraction of sp³-hybridized carbons (Fsp3) is 0.0952. The van der Waals surface area contributed by atoms with Gasteiger partial charge in [0.2, 0.25) is 0 Å². The summed E-state index contributed by atoms with van der Waals surface area (Å²) in [5, 5.41) is 8.95. The van der Waals surface area contributed by atoms with Gasteiger partial charge in [0.05, 0.1) is 17.2 Å². The van der Waals surface area contributed by atoms with E-state index in [2.05, 4.69) is 0 Å². The van der Waals surface area contributed by atoms with Crippen LogP contribution >= 0.6 is 0 Å². The molecule has 0 aliphatic heterocycles. The highest BCUT2D eigenvalue weighted by atomic mass is 19.4. The lowest BCUT2D eigenvalue weighted by atomic mass is 9.98. The minimum atomic E-state index is -4.59. The van der Waals surface area contributed by atoms with Crippen LogP contribution in [0.3, 0.4) is 0 Å². The maximum Gasteiger partial charge on any atom is 0.416 e. The summed E-state index contributed by atoms with van der Waals surface area (Å²) >= 11 is 0. The van der Waals surface area contributed by atoms with E-state index in [0.29, 0.717) is 16.8 Å². The van der Waals surface area contributed by atoms with E-state index in [1.807, 2.05) is 11.5 Å². The number of hydrazine groups is 1. The molecule has 1 amide bonds. The number of alkyl halides is 3. The zero-order chi connectivity index (χ0) is 22.1. The van der Waals surface area contributed by atoms with Crippen LogP contribution in [0.15, 0.2) is 59.4 Å². The number of halogens is 3. The van der Waals surface area contributed by atoms with Crippen molar-refractivity contribution in [3.63, 3.8) is 0 Å². The molecule has 0 aliphatic carbocycles. The molecule has 1 heterocycles. The van der Waals surface area contributed by atoms with Crippen LogP contribution in [-0.2, 0) is 6.18 Å². The molecule has 0 unspecified atom stereocenters. The van der Waals surface area contributed by atoms with Gasteiger partial charge in [0.1, 0.15) is 5.56 Å². The minimum Gasteiger partial charge on any atom is -0.290 e. The summed E-state index contributed by atoms with van der Waals surface area (Å²) < 4.78 is 40.3. The Labute approximate surface area is 169 Å². The van der Waals surface area contributed by atoms with Crippen molar-refractivity contribution < 1.29 is 18.0 Å². The van der Waals surface area contributed by atoms with Crippen molar-refractivity contribution in [2.24, 2.45) is 5.84 Å². The van der Waals surface area contributed by atoms with Crippen molar-refractivity contribution in [3.05, 3.63) is 87.3 Å². The number of aryl methyl sites for hydroxylation is 1. The fourth-order valence-corrected chi connectivity index (χ4v) is 3.12. The number of rotatable bonds is 3. The van der Waals surface area contributed by atoms with Gasteiger partial charge in [-0.2, -0.15) is 18.4 Å². The molecule has 1 aromatic heterocycles. The van der Waals surface area contributed by atoms with E-state index >= 15 is 0 Å². The van der Waals surface area contributed by atoms with E-state index in [-0.39, 0.29) is 16.8 Å². The Bertz CT molecular complexity index is 1220. The van der Waals surface area contributed by atoms with E-state index in [1.54, 1.807) is 19.1 Å². The molecule has 0 aliphatic rings. The average molecular weight is 412 g/mol. The van der Waals surface area contributed by atoms with Crippen molar-refractivity contribution >= 4 is 5.91 Å². The molecule has 3 rings (SSSR count). The summed E-state index contributed by atoms with van der Waals surface area (Å²) in [6, 6.07) is 13.9. The lowest BCUT2D eigenvalue weighted by molar-refractivity contribution is -0.137. The van der Waals surface area contributed by atoms with Gasteiger partial charge in [0.25, 0.3) is 11.5 Å². The van der Waals surface area contributed by atoms with E-state index in [9.17, 15) is 22.8 Å². The molecule has 152 valence electrons. The zero-order valence-electron chi connectivity index (χ0n) is 15.6. The van der Waals surface area contributed by atoms with Gasteiger partial charge in [-0.05, 0) is 48.9 Å². The first-order valence-corrected chi connectivity index (χ1v) is 8.63. The molecule has 6 nitrogen and oxygen atoms in total. The van der Waals surface area contributed by atoms with Crippen LogP contribution in [0.2, 0.25) is 0 Å². The van der Waals surface area contributed by atoms with Crippen molar-refractivity contribution in [2.75, 3.05) is 0 Å². The number of nitrogens with one attached hydrogen (secondary N) is 1. The van der Waals surface area contributed by atoms with E-state index in [1.165, 1.54) is 30.3 Å². The van der Waals surface area contributed by atoms with Gasteiger partial charge in [0.15, 0.2) is 0 Å². The minimum absolute atomic E-state index is 0.0372. The van der Waals surface area contributed by atoms with Crippen molar-refractivity contribution in [2.45, 2.75) is 13.1 Å². The lowest BCUT2D eigenvalue weighted by Gasteiger charge is -2.17. The van der Waals surface area contributed by atoms with Crippen LogP contribution < -0.4 is 16.8 Å². The highest BCUT2D eigenvalue weighted by Gasteiger charge is 2.31. The van der Waals surface area contributed by atoms with Crippen LogP contribution in [-0.4, -0.2) is 10.5 Å². The number of hydrogen-bond donors (Lipinski definition) is 2. The second kappa shape index (κ2) is 7.85. The molecule has 0 saturated carbocycles. The average Bonchev–Trinajstić information content (AvgIpc) is 2.72. The number of nitriles is 1. The maximum absolute atomic E-state index is 13.2. The predicted octanol–water partition coefficient (Wildman–Crippen LogP) is 3.31. The Morgan fingerprint density at radius 1 is 1.13 bits per heavy atom. The molecule has 30 heavy (non-hydrogen) atoms. The lowest BCUT2D eigenvalue weighted by Crippen LogP contribution is -2.37. The Kier molecular flexibility index (Phi) is 5.45. The van der Waals surface area contributed by atoms with Crippen molar-refractivity contribution in [3.8, 4) is 22.9 Å². The SMILES string of the molecule is Cc1cc(-c2ccc(C#N)cc2)c(C(=O)NN)c(=O)n1-c1cccc(C(F)(F)F)c1. The Hall–Kier alpha value is -3.90. The molecule has 0 saturated heterocycles. The van der Waals surface area contributed by atoms with Crippen LogP contribution in [0.4, 0.5) is 13.2 Å². The zero-order valence-corrected chi connectivity index (χ0v) is 15.6. The van der Waals surface area contributed by atoms with Crippen LogP contribution in [0.5, 0.6) is 0 Å². The molecule has 0 radical (unpaired) electrons. The standard InChI is InChI=1S/C21H15F3N4O2/c1-12-9-17(14-7-5-13(11-25)6-8-14)18(19(29)27-26)20(30)28(12)16-4-2-3-15(10-16)21(22,23)24/h2-10H,26H2,1H3,(H,27,29). The quantitative estimate of drug-likeness (QED) is 0.392. The topological polar surface area (TPSA) is 101 Å². The van der Waals surface area contributed by atoms with Crippen LogP contribution in [0.25, 0.3) is 16.8 Å². The highest BCUT2D eigenvalue weighted by Crippen LogP contribution is 2.31. The first-order chi connectivity index (χ1) is 14.2. The number of aromatic nitrogens is 1. The number of nitrogen functional groups attached to an aromatic ring is 1. The third-order valence-electron chi connectivity index (χ3n) is 4.51. The van der Waals surface area contributed by atoms with Crippen LogP contribution in [0.1, 0.15) is 27.2 Å². The molecular weight excluding hydrogens is 397 g/mol. The summed E-state index contributed by atoms with van der Waals surface area (Å²) in [4.78, 5) is 25.6. The number of carbonyl (C=O) groups is 1. The Morgan fingerprint density at radius 3 is 2.37 bits per heavy atom. The summed E-state index contributed by atoms with van der Waals surface area (Å²) in [5.74, 6) is 4.35. The monoisotopic (exact) mass is 412 g/mol. The van der Waals surface area contributed by atoms with E-state index < -0.39 is 23.2 Å². The number of hydrogen-bond acceptors (Lipinski definition) is 4. The summed E-state index contributed by atoms with van der Waals surface area (Å²) in [6.45, 7) is 1.54. The number of nitrogens with two attached hydrogens (primary N) is 1. The molecule has 3 aromatic rings. The maximum atomic E-state index is 13.2. The highest BCUT2D eigenvalue weighted by molar-refractivity contribution is 6.00. The van der Waals surface area contributed by atoms with Gasteiger partial charge in [-0.1, -0.05) is 18.2 Å². The number of pyridine rings is 1. The number of nitrogens with zero attached hydrogens (tertiary/aromatic N) is 2. The predicted molar refractivity (Wildman–Crippen MR) is 104 cm³/mol. The summed E-state index contributed by atoms with van der Waals surface area (Å²) in [7, 11) is 0. The molecule has 3 N–H and O–H groups in total. The van der Waals surface area contributed by atoms with Crippen molar-refractivity contribution in [1.29, 1.82) is 5.26 Å². The van der Waals surface area contributed by atoms with Gasteiger partial charge >= 0.3 is 6.18 Å². The van der Waals surface area contributed by atoms with Gasteiger partial charge in [-0.15, -0.1) is 0 Å². The van der Waals surface area contributed by atoms with Gasteiger partial charge < -0.3 is 0 Å². The smallest absolute Gasteiger partial charge is 0.290 e. The Balaban J connectivity index is 2.29. The third kappa shape index (κ3) is 3.81. The van der Waals surface area contributed by atoms with E-state index in [4.69, 9.17) is 11.1 Å².